The van der Waals surface area contributed by atoms with Crippen LogP contribution in [0.1, 0.15) is 25.0 Å². The summed E-state index contributed by atoms with van der Waals surface area (Å²) in [5.41, 5.74) is 0.719. The Bertz CT molecular complexity index is 924. The summed E-state index contributed by atoms with van der Waals surface area (Å²) in [4.78, 5) is 41.1. The molecule has 2 aromatic rings. The number of hydrogen-bond acceptors (Lipinski definition) is 6. The molecule has 0 spiro atoms. The summed E-state index contributed by atoms with van der Waals surface area (Å²) in [6, 6.07) is 10.1. The number of carbonyl (C=O) groups excluding carboxylic acids is 3. The molecule has 4 amide bonds. The van der Waals surface area contributed by atoms with E-state index in [9.17, 15) is 14.4 Å². The molecular weight excluding hydrogens is 400 g/mol. The number of fused-ring (bicyclic) bond motifs is 1. The van der Waals surface area contributed by atoms with Crippen molar-refractivity contribution < 1.29 is 23.5 Å². The van der Waals surface area contributed by atoms with Gasteiger partial charge in [-0.25, -0.2) is 4.79 Å². The molecule has 0 aliphatic carbocycles. The van der Waals surface area contributed by atoms with Crippen molar-refractivity contribution in [2.24, 2.45) is 0 Å². The maximum Gasteiger partial charge on any atom is 0.321 e. The lowest BCUT2D eigenvalue weighted by Gasteiger charge is -2.38. The lowest BCUT2D eigenvalue weighted by molar-refractivity contribution is -0.139. The van der Waals surface area contributed by atoms with Crippen LogP contribution in [0.5, 0.6) is 5.75 Å². The predicted molar refractivity (Wildman–Crippen MR) is 113 cm³/mol. The third kappa shape index (κ3) is 5.17. The van der Waals surface area contributed by atoms with Gasteiger partial charge in [0.05, 0.1) is 31.6 Å². The van der Waals surface area contributed by atoms with E-state index in [4.69, 9.17) is 9.15 Å². The Balaban J connectivity index is 1.38. The van der Waals surface area contributed by atoms with Crippen LogP contribution in [0.3, 0.4) is 0 Å². The van der Waals surface area contributed by atoms with Gasteiger partial charge in [-0.05, 0) is 43.5 Å². The fourth-order valence-corrected chi connectivity index (χ4v) is 3.87. The second-order valence-electron chi connectivity index (χ2n) is 7.65. The number of para-hydroxylation sites is 2. The lowest BCUT2D eigenvalue weighted by atomic mass is 10.1. The molecule has 0 saturated carbocycles. The van der Waals surface area contributed by atoms with Crippen LogP contribution >= 0.6 is 0 Å². The van der Waals surface area contributed by atoms with Gasteiger partial charge in [-0.3, -0.25) is 14.9 Å². The van der Waals surface area contributed by atoms with Crippen molar-refractivity contribution in [3.63, 3.8) is 0 Å². The van der Waals surface area contributed by atoms with E-state index in [-0.39, 0.29) is 25.5 Å². The van der Waals surface area contributed by atoms with Gasteiger partial charge < -0.3 is 24.3 Å². The van der Waals surface area contributed by atoms with Gasteiger partial charge >= 0.3 is 6.03 Å². The summed E-state index contributed by atoms with van der Waals surface area (Å²) >= 11 is 0. The number of piperidine rings is 1. The first-order valence-corrected chi connectivity index (χ1v) is 10.5. The number of benzene rings is 1. The molecule has 4 rings (SSSR count). The number of anilines is 1. The van der Waals surface area contributed by atoms with Gasteiger partial charge in [0.1, 0.15) is 11.5 Å². The highest BCUT2D eigenvalue weighted by atomic mass is 16.5. The maximum absolute atomic E-state index is 13.0. The SMILES string of the molecule is O=C(CN1CC(C(=O)N2CCCCC2)Oc2ccccc21)NC(=O)NCc1ccco1. The van der Waals surface area contributed by atoms with E-state index in [1.807, 2.05) is 23.1 Å². The predicted octanol–water partition coefficient (Wildman–Crippen LogP) is 1.89. The van der Waals surface area contributed by atoms with Crippen LogP contribution in [0.25, 0.3) is 0 Å². The van der Waals surface area contributed by atoms with Crippen LogP contribution in [0.15, 0.2) is 47.1 Å². The first-order valence-electron chi connectivity index (χ1n) is 10.5. The zero-order valence-electron chi connectivity index (χ0n) is 17.2. The van der Waals surface area contributed by atoms with Crippen LogP contribution in [0.2, 0.25) is 0 Å². The molecule has 1 aromatic carbocycles. The minimum Gasteiger partial charge on any atom is -0.477 e. The average Bonchev–Trinajstić information content (AvgIpc) is 3.31. The van der Waals surface area contributed by atoms with E-state index in [2.05, 4.69) is 10.6 Å². The standard InChI is InChI=1S/C22H26N4O5/c27-20(24-22(29)23-13-16-7-6-12-30-16)15-26-14-19(21(28)25-10-4-1-5-11-25)31-18-9-3-2-8-17(18)26/h2-3,6-9,12,19H,1,4-5,10-11,13-15H2,(H2,23,24,27,29). The fourth-order valence-electron chi connectivity index (χ4n) is 3.87. The van der Waals surface area contributed by atoms with Crippen LogP contribution in [-0.4, -0.2) is 55.0 Å². The third-order valence-electron chi connectivity index (χ3n) is 5.40. The van der Waals surface area contributed by atoms with Crippen molar-refractivity contribution in [1.82, 2.24) is 15.5 Å². The second-order valence-corrected chi connectivity index (χ2v) is 7.65. The number of likely N-dealkylation sites (tertiary alicyclic amines) is 1. The van der Waals surface area contributed by atoms with E-state index in [1.54, 1.807) is 23.1 Å². The van der Waals surface area contributed by atoms with Crippen LogP contribution in [0.4, 0.5) is 10.5 Å². The average molecular weight is 426 g/mol. The molecule has 1 atom stereocenters. The Hall–Kier alpha value is -3.49. The molecule has 0 bridgehead atoms. The lowest BCUT2D eigenvalue weighted by Crippen LogP contribution is -2.53. The highest BCUT2D eigenvalue weighted by Gasteiger charge is 2.34. The number of imide groups is 1. The first kappa shape index (κ1) is 20.8. The van der Waals surface area contributed by atoms with Crippen molar-refractivity contribution in [1.29, 1.82) is 0 Å². The van der Waals surface area contributed by atoms with Gasteiger partial charge in [0.15, 0.2) is 6.10 Å². The minimum absolute atomic E-state index is 0.0594. The number of rotatable bonds is 5. The van der Waals surface area contributed by atoms with Crippen molar-refractivity contribution in [2.45, 2.75) is 31.9 Å². The number of nitrogens with zero attached hydrogens (tertiary/aromatic N) is 2. The molecule has 2 aliphatic rings. The van der Waals surface area contributed by atoms with Crippen LogP contribution in [-0.2, 0) is 16.1 Å². The number of amides is 4. The molecule has 2 N–H and O–H groups in total. The number of urea groups is 1. The van der Waals surface area contributed by atoms with Gasteiger partial charge in [0.25, 0.3) is 5.91 Å². The summed E-state index contributed by atoms with van der Waals surface area (Å²) < 4.78 is 11.1. The molecule has 1 saturated heterocycles. The quantitative estimate of drug-likeness (QED) is 0.757. The fraction of sp³-hybridized carbons (Fsp3) is 0.409. The zero-order valence-corrected chi connectivity index (χ0v) is 17.2. The molecule has 1 fully saturated rings. The summed E-state index contributed by atoms with van der Waals surface area (Å²) in [5.74, 6) is 0.608. The normalized spacial score (nSPS) is 18.0. The molecule has 2 aliphatic heterocycles. The van der Waals surface area contributed by atoms with Crippen molar-refractivity contribution >= 4 is 23.5 Å². The minimum atomic E-state index is -0.687. The topological polar surface area (TPSA) is 104 Å². The number of nitrogens with one attached hydrogen (secondary N) is 2. The number of hydrogen-bond donors (Lipinski definition) is 2. The first-order chi connectivity index (χ1) is 15.1. The zero-order chi connectivity index (χ0) is 21.6. The van der Waals surface area contributed by atoms with E-state index in [0.717, 1.165) is 38.0 Å². The van der Waals surface area contributed by atoms with Gasteiger partial charge in [-0.1, -0.05) is 12.1 Å². The third-order valence-corrected chi connectivity index (χ3v) is 5.40. The highest BCUT2D eigenvalue weighted by molar-refractivity contribution is 5.97. The summed E-state index contributed by atoms with van der Waals surface area (Å²) in [5, 5.41) is 4.89. The smallest absolute Gasteiger partial charge is 0.321 e. The van der Waals surface area contributed by atoms with Gasteiger partial charge in [0.2, 0.25) is 5.91 Å². The summed E-state index contributed by atoms with van der Waals surface area (Å²) in [6.07, 6.45) is 3.94. The van der Waals surface area contributed by atoms with Crippen molar-refractivity contribution in [3.05, 3.63) is 48.4 Å². The number of furan rings is 1. The van der Waals surface area contributed by atoms with Gasteiger partial charge in [-0.2, -0.15) is 0 Å². The van der Waals surface area contributed by atoms with Crippen molar-refractivity contribution in [2.75, 3.05) is 31.1 Å². The van der Waals surface area contributed by atoms with Crippen LogP contribution < -0.4 is 20.3 Å². The number of carbonyl (C=O) groups is 3. The Kier molecular flexibility index (Phi) is 6.40. The Morgan fingerprint density at radius 3 is 2.61 bits per heavy atom. The Labute approximate surface area is 180 Å². The summed E-state index contributed by atoms with van der Waals surface area (Å²) in [6.45, 7) is 1.82. The number of ether oxygens (including phenoxy) is 1. The summed E-state index contributed by atoms with van der Waals surface area (Å²) in [7, 11) is 0. The molecule has 1 unspecified atom stereocenters. The Morgan fingerprint density at radius 2 is 1.84 bits per heavy atom. The second kappa shape index (κ2) is 9.55. The maximum atomic E-state index is 13.0. The molecule has 1 aromatic heterocycles. The van der Waals surface area contributed by atoms with E-state index < -0.39 is 18.0 Å². The van der Waals surface area contributed by atoms with Crippen LogP contribution in [0, 0.1) is 0 Å². The molecule has 9 nitrogen and oxygen atoms in total. The molecular formula is C22H26N4O5. The molecule has 3 heterocycles. The molecule has 31 heavy (non-hydrogen) atoms. The largest absolute Gasteiger partial charge is 0.477 e. The van der Waals surface area contributed by atoms with Gasteiger partial charge in [-0.15, -0.1) is 0 Å². The Morgan fingerprint density at radius 1 is 1.03 bits per heavy atom. The van der Waals surface area contributed by atoms with E-state index >= 15 is 0 Å². The van der Waals surface area contributed by atoms with E-state index in [1.165, 1.54) is 6.26 Å². The molecule has 164 valence electrons. The highest BCUT2D eigenvalue weighted by Crippen LogP contribution is 2.33. The monoisotopic (exact) mass is 426 g/mol. The van der Waals surface area contributed by atoms with Gasteiger partial charge in [0, 0.05) is 13.1 Å². The molecule has 0 radical (unpaired) electrons. The van der Waals surface area contributed by atoms with Crippen molar-refractivity contribution in [3.8, 4) is 5.75 Å². The molecule has 9 heteroatoms. The van der Waals surface area contributed by atoms with E-state index in [0.29, 0.717) is 11.5 Å².